The van der Waals surface area contributed by atoms with Crippen LogP contribution >= 0.6 is 0 Å². The molecule has 1 rings (SSSR count). The highest BCUT2D eigenvalue weighted by molar-refractivity contribution is 7.94. The lowest BCUT2D eigenvalue weighted by atomic mass is 10.1. The minimum Gasteiger partial charge on any atom is -0.480 e. The molecule has 0 spiro atoms. The van der Waals surface area contributed by atoms with E-state index in [4.69, 9.17) is 5.11 Å². The maximum absolute atomic E-state index is 11.7. The summed E-state index contributed by atoms with van der Waals surface area (Å²) in [5.74, 6) is -1.93. The lowest BCUT2D eigenvalue weighted by Gasteiger charge is -2.45. The van der Waals surface area contributed by atoms with E-state index in [0.29, 0.717) is 10.7 Å². The van der Waals surface area contributed by atoms with Crippen LogP contribution in [0.1, 0.15) is 33.6 Å². The highest BCUT2D eigenvalue weighted by atomic mass is 32.2. The van der Waals surface area contributed by atoms with Gasteiger partial charge in [-0.2, -0.15) is 0 Å². The summed E-state index contributed by atoms with van der Waals surface area (Å²) in [6, 6.07) is -1.27. The third-order valence-electron chi connectivity index (χ3n) is 2.75. The fourth-order valence-electron chi connectivity index (χ4n) is 1.62. The van der Waals surface area contributed by atoms with E-state index in [1.54, 1.807) is 6.92 Å². The number of amides is 1. The molecule has 1 N–H and O–H groups in total. The molecule has 0 radical (unpaired) electrons. The highest BCUT2D eigenvalue weighted by Crippen LogP contribution is 2.37. The molecule has 1 atom stereocenters. The second kappa shape index (κ2) is 3.73. The SMILES string of the molecule is CCCC(C(=O)O)N1C(=O)C(C)(C)S1(=O)=O. The minimum absolute atomic E-state index is 0.135. The normalized spacial score (nSPS) is 23.7. The minimum atomic E-state index is -3.81. The Bertz CT molecular complexity index is 425. The number of rotatable bonds is 4. The second-order valence-corrected chi connectivity index (χ2v) is 6.62. The first-order valence-electron chi connectivity index (χ1n) is 4.99. The van der Waals surface area contributed by atoms with E-state index in [1.165, 1.54) is 13.8 Å². The van der Waals surface area contributed by atoms with Gasteiger partial charge in [0.15, 0.2) is 4.75 Å². The molecular formula is C9H15NO5S. The molecule has 0 aromatic heterocycles. The maximum atomic E-state index is 11.7. The zero-order valence-electron chi connectivity index (χ0n) is 9.43. The van der Waals surface area contributed by atoms with Gasteiger partial charge in [0.05, 0.1) is 0 Å². The van der Waals surface area contributed by atoms with Crippen molar-refractivity contribution < 1.29 is 23.1 Å². The van der Waals surface area contributed by atoms with Gasteiger partial charge in [-0.05, 0) is 20.3 Å². The van der Waals surface area contributed by atoms with E-state index in [1.807, 2.05) is 0 Å². The van der Waals surface area contributed by atoms with Crippen LogP contribution in [0.3, 0.4) is 0 Å². The first kappa shape index (κ1) is 13.0. The molecule has 0 aromatic carbocycles. The summed E-state index contributed by atoms with van der Waals surface area (Å²) >= 11 is 0. The standard InChI is InChI=1S/C9H15NO5S/c1-4-5-6(7(11)12)10-8(13)9(2,3)16(10,14)15/h6H,4-5H2,1-3H3,(H,11,12). The number of nitrogens with zero attached hydrogens (tertiary/aromatic N) is 1. The largest absolute Gasteiger partial charge is 0.480 e. The van der Waals surface area contributed by atoms with Crippen LogP contribution in [0.15, 0.2) is 0 Å². The highest BCUT2D eigenvalue weighted by Gasteiger charge is 2.63. The van der Waals surface area contributed by atoms with Crippen LogP contribution in [-0.2, 0) is 19.6 Å². The zero-order chi connectivity index (χ0) is 12.7. The summed E-state index contributed by atoms with van der Waals surface area (Å²) in [6.45, 7) is 4.30. The molecule has 0 aliphatic carbocycles. The van der Waals surface area contributed by atoms with E-state index in [2.05, 4.69) is 0 Å². The number of carboxylic acids is 1. The predicted octanol–water partition coefficient (Wildman–Crippen LogP) is 0.190. The van der Waals surface area contributed by atoms with E-state index in [9.17, 15) is 18.0 Å². The van der Waals surface area contributed by atoms with Crippen molar-refractivity contribution in [2.75, 3.05) is 0 Å². The smallest absolute Gasteiger partial charge is 0.327 e. The molecule has 6 nitrogen and oxygen atoms in total. The van der Waals surface area contributed by atoms with Gasteiger partial charge in [-0.15, -0.1) is 0 Å². The third kappa shape index (κ3) is 1.50. The molecule has 92 valence electrons. The fourth-order valence-corrected chi connectivity index (χ4v) is 3.27. The van der Waals surface area contributed by atoms with Gasteiger partial charge in [-0.25, -0.2) is 17.5 Å². The van der Waals surface area contributed by atoms with Crippen molar-refractivity contribution in [3.05, 3.63) is 0 Å². The third-order valence-corrected chi connectivity index (χ3v) is 5.15. The van der Waals surface area contributed by atoms with E-state index in [0.717, 1.165) is 0 Å². The van der Waals surface area contributed by atoms with Crippen molar-refractivity contribution in [2.45, 2.75) is 44.4 Å². The zero-order valence-corrected chi connectivity index (χ0v) is 10.2. The van der Waals surface area contributed by atoms with Gasteiger partial charge in [-0.3, -0.25) is 4.79 Å². The molecule has 7 heteroatoms. The molecule has 1 aliphatic rings. The van der Waals surface area contributed by atoms with Crippen molar-refractivity contribution in [1.82, 2.24) is 4.31 Å². The van der Waals surface area contributed by atoms with Gasteiger partial charge in [0.2, 0.25) is 0 Å². The summed E-state index contributed by atoms with van der Waals surface area (Å²) in [7, 11) is -3.81. The van der Waals surface area contributed by atoms with Gasteiger partial charge in [0.1, 0.15) is 6.04 Å². The average molecular weight is 249 g/mol. The molecule has 0 aromatic rings. The van der Waals surface area contributed by atoms with Gasteiger partial charge < -0.3 is 5.11 Å². The average Bonchev–Trinajstić information content (AvgIpc) is 2.15. The molecule has 1 saturated heterocycles. The molecule has 1 amide bonds. The van der Waals surface area contributed by atoms with Crippen molar-refractivity contribution in [3.8, 4) is 0 Å². The first-order valence-corrected chi connectivity index (χ1v) is 6.43. The van der Waals surface area contributed by atoms with Gasteiger partial charge in [0, 0.05) is 0 Å². The van der Waals surface area contributed by atoms with Crippen LogP contribution in [0.25, 0.3) is 0 Å². The molecule has 1 aliphatic heterocycles. The summed E-state index contributed by atoms with van der Waals surface area (Å²) in [6.07, 6.45) is 0.632. The molecule has 16 heavy (non-hydrogen) atoms. The molecule has 1 unspecified atom stereocenters. The van der Waals surface area contributed by atoms with Crippen LogP contribution in [0.5, 0.6) is 0 Å². The van der Waals surface area contributed by atoms with Gasteiger partial charge >= 0.3 is 5.97 Å². The van der Waals surface area contributed by atoms with Crippen LogP contribution in [0.4, 0.5) is 0 Å². The predicted molar refractivity (Wildman–Crippen MR) is 56.2 cm³/mol. The molecule has 1 fully saturated rings. The summed E-state index contributed by atoms with van der Waals surface area (Å²) in [4.78, 5) is 22.5. The topological polar surface area (TPSA) is 91.8 Å². The Hall–Kier alpha value is -1.11. The summed E-state index contributed by atoms with van der Waals surface area (Å²) in [5.41, 5.74) is 0. The van der Waals surface area contributed by atoms with Gasteiger partial charge in [0.25, 0.3) is 15.9 Å². The van der Waals surface area contributed by atoms with Crippen molar-refractivity contribution in [1.29, 1.82) is 0 Å². The summed E-state index contributed by atoms with van der Waals surface area (Å²) < 4.78 is 22.5. The monoisotopic (exact) mass is 249 g/mol. The van der Waals surface area contributed by atoms with Crippen molar-refractivity contribution >= 4 is 21.9 Å². The van der Waals surface area contributed by atoms with E-state index < -0.39 is 32.7 Å². The quantitative estimate of drug-likeness (QED) is 0.768. The van der Waals surface area contributed by atoms with Crippen LogP contribution in [0.2, 0.25) is 0 Å². The first-order chi connectivity index (χ1) is 7.17. The molecule has 0 saturated carbocycles. The number of hydrogen-bond acceptors (Lipinski definition) is 4. The van der Waals surface area contributed by atoms with Gasteiger partial charge in [-0.1, -0.05) is 13.3 Å². The van der Waals surface area contributed by atoms with Crippen molar-refractivity contribution in [2.24, 2.45) is 0 Å². The Morgan fingerprint density at radius 3 is 2.31 bits per heavy atom. The molecule has 1 heterocycles. The van der Waals surface area contributed by atoms with Crippen LogP contribution < -0.4 is 0 Å². The lowest BCUT2D eigenvalue weighted by Crippen LogP contribution is -2.71. The van der Waals surface area contributed by atoms with E-state index >= 15 is 0 Å². The second-order valence-electron chi connectivity index (χ2n) is 4.26. The van der Waals surface area contributed by atoms with E-state index in [-0.39, 0.29) is 6.42 Å². The number of aliphatic carboxylic acids is 1. The Morgan fingerprint density at radius 2 is 2.00 bits per heavy atom. The Morgan fingerprint density at radius 1 is 1.50 bits per heavy atom. The Labute approximate surface area is 94.3 Å². The molecular weight excluding hydrogens is 234 g/mol. The number of hydrogen-bond donors (Lipinski definition) is 1. The number of carbonyl (C=O) groups is 2. The van der Waals surface area contributed by atoms with Crippen molar-refractivity contribution in [3.63, 3.8) is 0 Å². The number of carbonyl (C=O) groups excluding carboxylic acids is 1. The lowest BCUT2D eigenvalue weighted by molar-refractivity contribution is -0.149. The number of carboxylic acid groups (broad SMARTS) is 1. The summed E-state index contributed by atoms with van der Waals surface area (Å²) in [5, 5.41) is 8.90. The fraction of sp³-hybridized carbons (Fsp3) is 0.778. The number of sulfonamides is 1. The van der Waals surface area contributed by atoms with Crippen LogP contribution in [0, 0.1) is 0 Å². The Kier molecular flexibility index (Phi) is 3.02. The van der Waals surface area contributed by atoms with Crippen LogP contribution in [-0.4, -0.2) is 40.5 Å². The Balaban J connectivity index is 3.07. The molecule has 0 bridgehead atoms. The maximum Gasteiger partial charge on any atom is 0.327 e.